The average molecular weight is 406 g/mol. The molecule has 1 heterocycles. The Kier molecular flexibility index (Phi) is 5.84. The predicted octanol–water partition coefficient (Wildman–Crippen LogP) is 4.43. The highest BCUT2D eigenvalue weighted by Gasteiger charge is 2.22. The van der Waals surface area contributed by atoms with Crippen LogP contribution in [0.15, 0.2) is 72.8 Å². The van der Waals surface area contributed by atoms with Gasteiger partial charge in [0.05, 0.1) is 0 Å². The fourth-order valence-electron chi connectivity index (χ4n) is 3.71. The van der Waals surface area contributed by atoms with Crippen molar-refractivity contribution < 1.29 is 4.79 Å². The van der Waals surface area contributed by atoms with Gasteiger partial charge in [0.15, 0.2) is 0 Å². The first-order valence-electron chi connectivity index (χ1n) is 9.83. The quantitative estimate of drug-likeness (QED) is 0.698. The van der Waals surface area contributed by atoms with Crippen LogP contribution in [0, 0.1) is 0 Å². The lowest BCUT2D eigenvalue weighted by Crippen LogP contribution is -2.48. The number of amides is 1. The zero-order chi connectivity index (χ0) is 20.2. The van der Waals surface area contributed by atoms with Gasteiger partial charge in [0, 0.05) is 49.0 Å². The van der Waals surface area contributed by atoms with Crippen molar-refractivity contribution in [3.05, 3.63) is 88.9 Å². The lowest BCUT2D eigenvalue weighted by atomic mass is 10.0. The second-order valence-electron chi connectivity index (χ2n) is 7.24. The molecule has 0 bridgehead atoms. The van der Waals surface area contributed by atoms with E-state index in [4.69, 9.17) is 17.3 Å². The van der Waals surface area contributed by atoms with Gasteiger partial charge < -0.3 is 15.5 Å². The molecule has 29 heavy (non-hydrogen) atoms. The van der Waals surface area contributed by atoms with Gasteiger partial charge in [0.25, 0.3) is 5.91 Å². The first-order valence-corrected chi connectivity index (χ1v) is 10.2. The molecule has 2 N–H and O–H groups in total. The average Bonchev–Trinajstić information content (AvgIpc) is 2.79. The number of rotatable bonds is 4. The molecule has 0 saturated carbocycles. The number of benzene rings is 3. The summed E-state index contributed by atoms with van der Waals surface area (Å²) in [5.41, 5.74) is 10.8. The van der Waals surface area contributed by atoms with Crippen molar-refractivity contribution in [2.75, 3.05) is 31.1 Å². The van der Waals surface area contributed by atoms with Crippen LogP contribution in [0.25, 0.3) is 11.1 Å². The molecular weight excluding hydrogens is 382 g/mol. The highest BCUT2D eigenvalue weighted by molar-refractivity contribution is 6.30. The van der Waals surface area contributed by atoms with Gasteiger partial charge in [-0.15, -0.1) is 0 Å². The van der Waals surface area contributed by atoms with Crippen LogP contribution in [-0.4, -0.2) is 37.0 Å². The highest BCUT2D eigenvalue weighted by atomic mass is 35.5. The summed E-state index contributed by atoms with van der Waals surface area (Å²) in [6.07, 6.45) is 0. The Morgan fingerprint density at radius 1 is 0.862 bits per heavy atom. The number of nitrogens with zero attached hydrogens (tertiary/aromatic N) is 2. The topological polar surface area (TPSA) is 49.6 Å². The number of piperazine rings is 1. The molecule has 5 heteroatoms. The maximum Gasteiger partial charge on any atom is 0.253 e. The summed E-state index contributed by atoms with van der Waals surface area (Å²) in [6.45, 7) is 3.53. The molecule has 0 radical (unpaired) electrons. The third-order valence-electron chi connectivity index (χ3n) is 5.36. The van der Waals surface area contributed by atoms with Crippen LogP contribution in [0.1, 0.15) is 15.9 Å². The molecule has 0 aromatic heterocycles. The Bertz CT molecular complexity index is 995. The maximum atomic E-state index is 13.1. The molecule has 4 rings (SSSR count). The fourth-order valence-corrected chi connectivity index (χ4v) is 3.84. The summed E-state index contributed by atoms with van der Waals surface area (Å²) in [5.74, 6) is 0.0811. The van der Waals surface area contributed by atoms with E-state index in [-0.39, 0.29) is 5.91 Å². The summed E-state index contributed by atoms with van der Waals surface area (Å²) in [7, 11) is 0. The van der Waals surface area contributed by atoms with Crippen molar-refractivity contribution in [2.45, 2.75) is 6.54 Å². The highest BCUT2D eigenvalue weighted by Crippen LogP contribution is 2.23. The van der Waals surface area contributed by atoms with Gasteiger partial charge in [-0.25, -0.2) is 0 Å². The second kappa shape index (κ2) is 8.68. The van der Waals surface area contributed by atoms with E-state index in [9.17, 15) is 4.79 Å². The van der Waals surface area contributed by atoms with Gasteiger partial charge in [-0.3, -0.25) is 4.79 Å². The van der Waals surface area contributed by atoms with Crippen LogP contribution >= 0.6 is 11.6 Å². The molecule has 0 unspecified atom stereocenters. The van der Waals surface area contributed by atoms with E-state index in [1.54, 1.807) is 0 Å². The summed E-state index contributed by atoms with van der Waals surface area (Å²) >= 11 is 5.98. The van der Waals surface area contributed by atoms with Gasteiger partial charge >= 0.3 is 0 Å². The summed E-state index contributed by atoms with van der Waals surface area (Å²) in [5, 5.41) is 0.736. The van der Waals surface area contributed by atoms with Crippen LogP contribution in [0.4, 0.5) is 5.69 Å². The molecule has 0 spiro atoms. The number of hydrogen-bond donors (Lipinski definition) is 1. The van der Waals surface area contributed by atoms with E-state index in [0.717, 1.165) is 46.1 Å². The molecule has 0 atom stereocenters. The molecule has 3 aromatic rings. The van der Waals surface area contributed by atoms with E-state index in [2.05, 4.69) is 11.0 Å². The summed E-state index contributed by atoms with van der Waals surface area (Å²) in [6, 6.07) is 23.8. The molecule has 148 valence electrons. The van der Waals surface area contributed by atoms with Crippen LogP contribution in [0.2, 0.25) is 5.02 Å². The summed E-state index contributed by atoms with van der Waals surface area (Å²) < 4.78 is 0. The summed E-state index contributed by atoms with van der Waals surface area (Å²) in [4.78, 5) is 17.3. The number of carbonyl (C=O) groups excluding carboxylic acids is 1. The van der Waals surface area contributed by atoms with E-state index < -0.39 is 0 Å². The van der Waals surface area contributed by atoms with Crippen molar-refractivity contribution in [1.29, 1.82) is 0 Å². The van der Waals surface area contributed by atoms with Gasteiger partial charge in [0.2, 0.25) is 0 Å². The van der Waals surface area contributed by atoms with Crippen LogP contribution in [0.3, 0.4) is 0 Å². The minimum atomic E-state index is 0.0811. The lowest BCUT2D eigenvalue weighted by Gasteiger charge is -2.36. The SMILES string of the molecule is NCc1cccc(-c2cccc(C(=O)N3CCN(c4ccc(Cl)cc4)CC3)c2)c1. The largest absolute Gasteiger partial charge is 0.368 e. The molecule has 1 amide bonds. The van der Waals surface area contributed by atoms with Crippen LogP contribution in [0.5, 0.6) is 0 Å². The van der Waals surface area contributed by atoms with Crippen molar-refractivity contribution in [1.82, 2.24) is 4.90 Å². The minimum absolute atomic E-state index is 0.0811. The van der Waals surface area contributed by atoms with E-state index in [1.165, 1.54) is 0 Å². The Hall–Kier alpha value is -2.82. The number of anilines is 1. The van der Waals surface area contributed by atoms with Crippen molar-refractivity contribution in [3.63, 3.8) is 0 Å². The van der Waals surface area contributed by atoms with Gasteiger partial charge in [0.1, 0.15) is 0 Å². The number of halogens is 1. The Labute approximate surface area is 176 Å². The van der Waals surface area contributed by atoms with Gasteiger partial charge in [-0.2, -0.15) is 0 Å². The molecule has 0 aliphatic carbocycles. The molecule has 3 aromatic carbocycles. The molecule has 4 nitrogen and oxygen atoms in total. The van der Waals surface area contributed by atoms with Crippen molar-refractivity contribution in [3.8, 4) is 11.1 Å². The first-order chi connectivity index (χ1) is 14.1. The molecule has 1 fully saturated rings. The van der Waals surface area contributed by atoms with E-state index >= 15 is 0 Å². The predicted molar refractivity (Wildman–Crippen MR) is 119 cm³/mol. The van der Waals surface area contributed by atoms with Crippen LogP contribution in [-0.2, 0) is 6.54 Å². The Morgan fingerprint density at radius 3 is 2.21 bits per heavy atom. The minimum Gasteiger partial charge on any atom is -0.368 e. The van der Waals surface area contributed by atoms with Crippen molar-refractivity contribution in [2.24, 2.45) is 5.73 Å². The number of nitrogens with two attached hydrogens (primary N) is 1. The molecule has 1 aliphatic heterocycles. The Morgan fingerprint density at radius 2 is 1.52 bits per heavy atom. The first kappa shape index (κ1) is 19.5. The zero-order valence-corrected chi connectivity index (χ0v) is 17.0. The van der Waals surface area contributed by atoms with Gasteiger partial charge in [-0.05, 0) is 59.2 Å². The lowest BCUT2D eigenvalue weighted by molar-refractivity contribution is 0.0747. The van der Waals surface area contributed by atoms with Gasteiger partial charge in [-0.1, -0.05) is 41.9 Å². The molecular formula is C24H24ClN3O. The Balaban J connectivity index is 1.45. The van der Waals surface area contributed by atoms with Crippen molar-refractivity contribution >= 4 is 23.2 Å². The second-order valence-corrected chi connectivity index (χ2v) is 7.68. The smallest absolute Gasteiger partial charge is 0.253 e. The fraction of sp³-hybridized carbons (Fsp3) is 0.208. The monoisotopic (exact) mass is 405 g/mol. The standard InChI is InChI=1S/C24H24ClN3O/c25-22-7-9-23(10-8-22)27-11-13-28(14-12-27)24(29)21-6-2-5-20(16-21)19-4-1-3-18(15-19)17-26/h1-10,15-16H,11-14,17,26H2. The number of carbonyl (C=O) groups is 1. The maximum absolute atomic E-state index is 13.1. The molecule has 1 aliphatic rings. The molecule has 1 saturated heterocycles. The zero-order valence-electron chi connectivity index (χ0n) is 16.2. The third-order valence-corrected chi connectivity index (χ3v) is 5.62. The number of hydrogen-bond acceptors (Lipinski definition) is 3. The van der Waals surface area contributed by atoms with E-state index in [0.29, 0.717) is 19.6 Å². The third kappa shape index (κ3) is 4.44. The van der Waals surface area contributed by atoms with E-state index in [1.807, 2.05) is 71.6 Å². The normalized spacial score (nSPS) is 14.1. The van der Waals surface area contributed by atoms with Crippen LogP contribution < -0.4 is 10.6 Å².